The fraction of sp³-hybridized carbons (Fsp3) is 0.250. The van der Waals surface area contributed by atoms with Crippen LogP contribution in [-0.4, -0.2) is 38.4 Å². The first-order valence-electron chi connectivity index (χ1n) is 7.40. The monoisotopic (exact) mass is 387 g/mol. The molecule has 1 atom stereocenters. The molecular weight excluding hydrogens is 371 g/mol. The van der Waals surface area contributed by atoms with Gasteiger partial charge in [0.2, 0.25) is 0 Å². The van der Waals surface area contributed by atoms with E-state index in [2.05, 4.69) is 15.6 Å². The number of nitrogens with zero attached hydrogens (tertiary/aromatic N) is 1. The van der Waals surface area contributed by atoms with Crippen LogP contribution in [0.15, 0.2) is 53.7 Å². The van der Waals surface area contributed by atoms with Crippen LogP contribution in [0.25, 0.3) is 0 Å². The van der Waals surface area contributed by atoms with Crippen LogP contribution in [-0.2, 0) is 9.84 Å². The van der Waals surface area contributed by atoms with Gasteiger partial charge in [-0.15, -0.1) is 0 Å². The number of aromatic nitrogens is 1. The quantitative estimate of drug-likeness (QED) is 0.826. The molecule has 1 unspecified atom stereocenters. The summed E-state index contributed by atoms with van der Waals surface area (Å²) in [4.78, 5) is 15.5. The Bertz CT molecular complexity index is 854. The summed E-state index contributed by atoms with van der Waals surface area (Å²) in [5.41, 5.74) is 0.192. The number of amides is 2. The van der Waals surface area contributed by atoms with Gasteiger partial charge in [0.25, 0.3) is 0 Å². The number of hydrogen-bond acceptors (Lipinski definition) is 4. The smallest absolute Gasteiger partial charge is 0.337 e. The number of benzene rings is 1. The second-order valence-corrected chi connectivity index (χ2v) is 7.46. The number of carbonyl (C=O) groups is 1. The van der Waals surface area contributed by atoms with Crippen molar-refractivity contribution in [2.45, 2.75) is 17.1 Å². The molecule has 1 heterocycles. The minimum atomic E-state index is -4.52. The highest BCUT2D eigenvalue weighted by Crippen LogP contribution is 2.34. The lowest BCUT2D eigenvalue weighted by Gasteiger charge is -2.21. The molecule has 0 bridgehead atoms. The Morgan fingerprint density at radius 2 is 1.81 bits per heavy atom. The summed E-state index contributed by atoms with van der Waals surface area (Å²) >= 11 is 0. The average Bonchev–Trinajstić information content (AvgIpc) is 2.54. The predicted molar refractivity (Wildman–Crippen MR) is 89.6 cm³/mol. The molecule has 0 radical (unpaired) electrons. The average molecular weight is 387 g/mol. The number of nitrogens with one attached hydrogen (secondary N) is 2. The highest BCUT2D eigenvalue weighted by atomic mass is 32.2. The molecule has 2 aromatic rings. The molecule has 10 heteroatoms. The van der Waals surface area contributed by atoms with Gasteiger partial charge < -0.3 is 10.6 Å². The fourth-order valence-electron chi connectivity index (χ4n) is 2.15. The third-order valence-corrected chi connectivity index (χ3v) is 4.44. The number of pyridine rings is 1. The topological polar surface area (TPSA) is 88.2 Å². The third kappa shape index (κ3) is 5.45. The zero-order chi connectivity index (χ0) is 19.4. The fourth-order valence-corrected chi connectivity index (χ4v) is 2.71. The molecule has 2 N–H and O–H groups in total. The van der Waals surface area contributed by atoms with Gasteiger partial charge in [-0.2, -0.15) is 13.2 Å². The van der Waals surface area contributed by atoms with Crippen LogP contribution < -0.4 is 10.6 Å². The van der Waals surface area contributed by atoms with Crippen LogP contribution in [0.3, 0.4) is 0 Å². The van der Waals surface area contributed by atoms with E-state index < -0.39 is 34.5 Å². The van der Waals surface area contributed by atoms with Gasteiger partial charge in [0.15, 0.2) is 14.9 Å². The Labute approximate surface area is 148 Å². The van der Waals surface area contributed by atoms with Crippen LogP contribution in [0.4, 0.5) is 23.7 Å². The molecule has 2 rings (SSSR count). The van der Waals surface area contributed by atoms with Crippen LogP contribution in [0, 0.1) is 0 Å². The lowest BCUT2D eigenvalue weighted by atomic mass is 9.98. The second-order valence-electron chi connectivity index (χ2n) is 5.50. The van der Waals surface area contributed by atoms with Crippen LogP contribution in [0.1, 0.15) is 11.5 Å². The van der Waals surface area contributed by atoms with E-state index in [0.29, 0.717) is 0 Å². The lowest BCUT2D eigenvalue weighted by Crippen LogP contribution is -2.37. The van der Waals surface area contributed by atoms with E-state index in [1.165, 1.54) is 36.4 Å². The molecule has 0 saturated heterocycles. The summed E-state index contributed by atoms with van der Waals surface area (Å²) in [6.45, 7) is -0.645. The van der Waals surface area contributed by atoms with Gasteiger partial charge in [-0.05, 0) is 17.7 Å². The molecule has 0 aliphatic heterocycles. The van der Waals surface area contributed by atoms with E-state index in [4.69, 9.17) is 0 Å². The van der Waals surface area contributed by atoms with Gasteiger partial charge in [-0.25, -0.2) is 18.2 Å². The number of hydrogen-bond donors (Lipinski definition) is 2. The maximum atomic E-state index is 13.2. The number of carbonyl (C=O) groups excluding carboxylic acids is 1. The Hall–Kier alpha value is -2.62. The van der Waals surface area contributed by atoms with Crippen LogP contribution >= 0.6 is 0 Å². The van der Waals surface area contributed by atoms with Crippen molar-refractivity contribution in [1.29, 1.82) is 0 Å². The first-order chi connectivity index (χ1) is 12.1. The van der Waals surface area contributed by atoms with Gasteiger partial charge in [-0.1, -0.05) is 30.3 Å². The zero-order valence-corrected chi connectivity index (χ0v) is 14.4. The molecule has 0 aliphatic carbocycles. The molecule has 1 aromatic heterocycles. The summed E-state index contributed by atoms with van der Waals surface area (Å²) in [7, 11) is -3.48. The van der Waals surface area contributed by atoms with Crippen molar-refractivity contribution in [3.63, 3.8) is 0 Å². The SMILES string of the molecule is CS(=O)(=O)c1ccc(NC(=O)NCC(c2ccccc2)C(F)(F)F)cn1. The Morgan fingerprint density at radius 1 is 1.15 bits per heavy atom. The number of urea groups is 1. The van der Waals surface area contributed by atoms with E-state index in [9.17, 15) is 26.4 Å². The normalized spacial score (nSPS) is 13.1. The summed E-state index contributed by atoms with van der Waals surface area (Å²) in [6, 6.07) is 8.88. The molecule has 0 spiro atoms. The minimum absolute atomic E-state index is 0.0412. The van der Waals surface area contributed by atoms with Crippen molar-refractivity contribution in [3.05, 3.63) is 54.2 Å². The van der Waals surface area contributed by atoms with Crippen molar-refractivity contribution in [1.82, 2.24) is 10.3 Å². The van der Waals surface area contributed by atoms with Crippen molar-refractivity contribution < 1.29 is 26.4 Å². The Morgan fingerprint density at radius 3 is 2.31 bits per heavy atom. The van der Waals surface area contributed by atoms with E-state index in [0.717, 1.165) is 12.5 Å². The molecule has 0 aliphatic rings. The minimum Gasteiger partial charge on any atom is -0.337 e. The summed E-state index contributed by atoms with van der Waals surface area (Å²) in [5.74, 6) is -1.85. The Balaban J connectivity index is 2.00. The van der Waals surface area contributed by atoms with Crippen molar-refractivity contribution in [2.75, 3.05) is 18.1 Å². The van der Waals surface area contributed by atoms with Gasteiger partial charge in [-0.3, -0.25) is 0 Å². The first kappa shape index (κ1) is 19.7. The number of sulfone groups is 1. The number of anilines is 1. The van der Waals surface area contributed by atoms with Crippen molar-refractivity contribution >= 4 is 21.6 Å². The lowest BCUT2D eigenvalue weighted by molar-refractivity contribution is -0.148. The van der Waals surface area contributed by atoms with Crippen molar-refractivity contribution in [3.8, 4) is 0 Å². The van der Waals surface area contributed by atoms with Gasteiger partial charge in [0.05, 0.1) is 17.8 Å². The molecule has 140 valence electrons. The van der Waals surface area contributed by atoms with Gasteiger partial charge in [0, 0.05) is 12.8 Å². The first-order valence-corrected chi connectivity index (χ1v) is 9.29. The summed E-state index contributed by atoms with van der Waals surface area (Å²) in [5, 5.41) is 4.29. The van der Waals surface area contributed by atoms with Gasteiger partial charge >= 0.3 is 12.2 Å². The highest BCUT2D eigenvalue weighted by Gasteiger charge is 2.40. The second kappa shape index (κ2) is 7.73. The molecule has 1 aromatic carbocycles. The van der Waals surface area contributed by atoms with Crippen molar-refractivity contribution in [2.24, 2.45) is 0 Å². The zero-order valence-electron chi connectivity index (χ0n) is 13.6. The van der Waals surface area contributed by atoms with E-state index in [1.807, 2.05) is 0 Å². The highest BCUT2D eigenvalue weighted by molar-refractivity contribution is 7.90. The van der Waals surface area contributed by atoms with Crippen LogP contribution in [0.2, 0.25) is 0 Å². The summed E-state index contributed by atoms with van der Waals surface area (Å²) in [6.07, 6.45) is -2.43. The number of alkyl halides is 3. The van der Waals surface area contributed by atoms with E-state index in [1.54, 1.807) is 6.07 Å². The maximum absolute atomic E-state index is 13.2. The summed E-state index contributed by atoms with van der Waals surface area (Å²) < 4.78 is 62.2. The predicted octanol–water partition coefficient (Wildman–Crippen LogP) is 2.95. The third-order valence-electron chi connectivity index (χ3n) is 3.44. The van der Waals surface area contributed by atoms with E-state index >= 15 is 0 Å². The maximum Gasteiger partial charge on any atom is 0.397 e. The molecule has 0 fully saturated rings. The molecular formula is C16H16F3N3O3S. The number of halogens is 3. The molecule has 6 nitrogen and oxygen atoms in total. The van der Waals surface area contributed by atoms with Gasteiger partial charge in [0.1, 0.15) is 0 Å². The molecule has 2 amide bonds. The molecule has 26 heavy (non-hydrogen) atoms. The molecule has 0 saturated carbocycles. The number of rotatable bonds is 5. The van der Waals surface area contributed by atoms with Crippen LogP contribution in [0.5, 0.6) is 0 Å². The Kier molecular flexibility index (Phi) is 5.86. The largest absolute Gasteiger partial charge is 0.397 e. The van der Waals surface area contributed by atoms with E-state index in [-0.39, 0.29) is 16.3 Å². The standard InChI is InChI=1S/C16H16F3N3O3S/c1-26(24,25)14-8-7-12(9-20-14)22-15(23)21-10-13(16(17,18)19)11-5-3-2-4-6-11/h2-9,13H,10H2,1H3,(H2,21,22,23).